The van der Waals surface area contributed by atoms with E-state index in [0.29, 0.717) is 0 Å². The monoisotopic (exact) mass is 317 g/mol. The van der Waals surface area contributed by atoms with Gasteiger partial charge in [-0.1, -0.05) is 28.7 Å². The van der Waals surface area contributed by atoms with Crippen molar-refractivity contribution in [2.75, 3.05) is 42.1 Å². The molecule has 0 spiro atoms. The van der Waals surface area contributed by atoms with Crippen molar-refractivity contribution in [1.82, 2.24) is 9.88 Å². The molecule has 1 fully saturated rings. The molecule has 0 aliphatic carbocycles. The highest BCUT2D eigenvalue weighted by atomic mass is 127. The van der Waals surface area contributed by atoms with Crippen LogP contribution in [0.25, 0.3) is 0 Å². The maximum atomic E-state index is 4.38. The van der Waals surface area contributed by atoms with Crippen LogP contribution in [0, 0.1) is 0 Å². The van der Waals surface area contributed by atoms with Crippen LogP contribution in [-0.2, 0) is 0 Å². The van der Waals surface area contributed by atoms with Gasteiger partial charge in [-0.25, -0.2) is 4.98 Å². The van der Waals surface area contributed by atoms with Gasteiger partial charge in [-0.05, 0) is 12.1 Å². The number of alkyl halides is 1. The second-order valence-electron chi connectivity index (χ2n) is 3.71. The Kier molecular flexibility index (Phi) is 4.19. The van der Waals surface area contributed by atoms with E-state index in [0.717, 1.165) is 18.9 Å². The van der Waals surface area contributed by atoms with E-state index in [2.05, 4.69) is 49.5 Å². The van der Waals surface area contributed by atoms with E-state index in [1.165, 1.54) is 24.1 Å². The molecule has 0 aromatic carbocycles. The largest absolute Gasteiger partial charge is 0.354 e. The normalized spacial score (nSPS) is 18.1. The maximum absolute atomic E-state index is 4.38. The van der Waals surface area contributed by atoms with Crippen LogP contribution in [0.15, 0.2) is 24.4 Å². The van der Waals surface area contributed by atoms with E-state index in [-0.39, 0.29) is 0 Å². The standard InChI is InChI=1S/C11H16IN3/c12-4-6-14-7-9-15(10-8-14)11-3-1-2-5-13-11/h1-3,5H,4,6-10H2. The Morgan fingerprint density at radius 1 is 1.20 bits per heavy atom. The van der Waals surface area contributed by atoms with Crippen molar-refractivity contribution in [3.8, 4) is 0 Å². The lowest BCUT2D eigenvalue weighted by Gasteiger charge is -2.35. The first-order valence-corrected chi connectivity index (χ1v) is 6.87. The summed E-state index contributed by atoms with van der Waals surface area (Å²) in [4.78, 5) is 9.26. The molecule has 3 nitrogen and oxygen atoms in total. The van der Waals surface area contributed by atoms with E-state index in [1.807, 2.05) is 12.3 Å². The third-order valence-corrected chi connectivity index (χ3v) is 3.23. The highest BCUT2D eigenvalue weighted by molar-refractivity contribution is 14.1. The summed E-state index contributed by atoms with van der Waals surface area (Å²) < 4.78 is 1.22. The van der Waals surface area contributed by atoms with Crippen molar-refractivity contribution >= 4 is 28.4 Å². The van der Waals surface area contributed by atoms with Crippen molar-refractivity contribution in [3.63, 3.8) is 0 Å². The van der Waals surface area contributed by atoms with Crippen LogP contribution in [0.3, 0.4) is 0 Å². The van der Waals surface area contributed by atoms with E-state index in [1.54, 1.807) is 0 Å². The highest BCUT2D eigenvalue weighted by Crippen LogP contribution is 2.12. The van der Waals surface area contributed by atoms with Crippen LogP contribution < -0.4 is 4.90 Å². The summed E-state index contributed by atoms with van der Waals surface area (Å²) in [6, 6.07) is 6.11. The van der Waals surface area contributed by atoms with Crippen LogP contribution in [0.2, 0.25) is 0 Å². The zero-order chi connectivity index (χ0) is 10.5. The average Bonchev–Trinajstić information content (AvgIpc) is 2.32. The minimum Gasteiger partial charge on any atom is -0.354 e. The van der Waals surface area contributed by atoms with Gasteiger partial charge < -0.3 is 4.90 Å². The van der Waals surface area contributed by atoms with Gasteiger partial charge in [-0.3, -0.25) is 4.90 Å². The molecule has 82 valence electrons. The summed E-state index contributed by atoms with van der Waals surface area (Å²) in [6.45, 7) is 5.76. The minimum absolute atomic E-state index is 1.10. The molecule has 1 saturated heterocycles. The van der Waals surface area contributed by atoms with Gasteiger partial charge in [-0.15, -0.1) is 0 Å². The Bertz CT molecular complexity index is 283. The molecule has 2 rings (SSSR count). The first kappa shape index (κ1) is 11.1. The molecule has 0 amide bonds. The van der Waals surface area contributed by atoms with Crippen LogP contribution in [0.1, 0.15) is 0 Å². The number of hydrogen-bond donors (Lipinski definition) is 0. The molecule has 0 unspecified atom stereocenters. The first-order chi connectivity index (χ1) is 7.40. The molecular formula is C11H16IN3. The number of piperazine rings is 1. The fourth-order valence-corrected chi connectivity index (χ4v) is 2.54. The fraction of sp³-hybridized carbons (Fsp3) is 0.545. The molecule has 1 aliphatic rings. The summed E-state index contributed by atoms with van der Waals surface area (Å²) in [5, 5.41) is 0. The molecule has 15 heavy (non-hydrogen) atoms. The molecule has 0 radical (unpaired) electrons. The van der Waals surface area contributed by atoms with Gasteiger partial charge in [0.1, 0.15) is 5.82 Å². The van der Waals surface area contributed by atoms with E-state index >= 15 is 0 Å². The average molecular weight is 317 g/mol. The third kappa shape index (κ3) is 3.04. The van der Waals surface area contributed by atoms with Crippen molar-refractivity contribution in [2.24, 2.45) is 0 Å². The Morgan fingerprint density at radius 2 is 2.00 bits per heavy atom. The van der Waals surface area contributed by atoms with Crippen LogP contribution in [-0.4, -0.2) is 47.0 Å². The van der Waals surface area contributed by atoms with Gasteiger partial charge >= 0.3 is 0 Å². The Morgan fingerprint density at radius 3 is 2.60 bits per heavy atom. The lowest BCUT2D eigenvalue weighted by Crippen LogP contribution is -2.47. The Balaban J connectivity index is 1.88. The molecule has 1 aliphatic heterocycles. The summed E-state index contributed by atoms with van der Waals surface area (Å²) in [5.74, 6) is 1.12. The molecule has 0 bridgehead atoms. The number of rotatable bonds is 3. The van der Waals surface area contributed by atoms with Gasteiger partial charge in [0.2, 0.25) is 0 Å². The number of hydrogen-bond acceptors (Lipinski definition) is 3. The Hall–Kier alpha value is -0.360. The number of halogens is 1. The Labute approximate surface area is 105 Å². The summed E-state index contributed by atoms with van der Waals surface area (Å²) in [7, 11) is 0. The molecule has 1 aromatic heterocycles. The molecule has 2 heterocycles. The molecule has 0 N–H and O–H groups in total. The van der Waals surface area contributed by atoms with E-state index < -0.39 is 0 Å². The highest BCUT2D eigenvalue weighted by Gasteiger charge is 2.16. The summed E-state index contributed by atoms with van der Waals surface area (Å²) >= 11 is 2.44. The molecule has 0 atom stereocenters. The van der Waals surface area contributed by atoms with Gasteiger partial charge in [-0.2, -0.15) is 0 Å². The van der Waals surface area contributed by atoms with E-state index in [9.17, 15) is 0 Å². The minimum atomic E-state index is 1.10. The molecule has 0 saturated carbocycles. The van der Waals surface area contributed by atoms with Gasteiger partial charge in [0.05, 0.1) is 0 Å². The predicted molar refractivity (Wildman–Crippen MR) is 71.8 cm³/mol. The SMILES string of the molecule is ICCN1CCN(c2ccccn2)CC1. The number of anilines is 1. The van der Waals surface area contributed by atoms with Crippen molar-refractivity contribution in [1.29, 1.82) is 0 Å². The maximum Gasteiger partial charge on any atom is 0.128 e. The second kappa shape index (κ2) is 5.65. The second-order valence-corrected chi connectivity index (χ2v) is 4.78. The van der Waals surface area contributed by atoms with Crippen LogP contribution >= 0.6 is 22.6 Å². The fourth-order valence-electron chi connectivity index (χ4n) is 1.86. The van der Waals surface area contributed by atoms with Gasteiger partial charge in [0.25, 0.3) is 0 Å². The third-order valence-electron chi connectivity index (χ3n) is 2.75. The zero-order valence-electron chi connectivity index (χ0n) is 8.77. The summed E-state index contributed by atoms with van der Waals surface area (Å²) in [6.07, 6.45) is 1.87. The number of nitrogens with zero attached hydrogens (tertiary/aromatic N) is 3. The molecular weight excluding hydrogens is 301 g/mol. The topological polar surface area (TPSA) is 19.4 Å². The lowest BCUT2D eigenvalue weighted by atomic mass is 10.3. The first-order valence-electron chi connectivity index (χ1n) is 5.34. The van der Waals surface area contributed by atoms with E-state index in [4.69, 9.17) is 0 Å². The van der Waals surface area contributed by atoms with Crippen molar-refractivity contribution in [3.05, 3.63) is 24.4 Å². The molecule has 1 aromatic rings. The summed E-state index contributed by atoms with van der Waals surface area (Å²) in [5.41, 5.74) is 0. The number of aromatic nitrogens is 1. The quantitative estimate of drug-likeness (QED) is 0.624. The van der Waals surface area contributed by atoms with Crippen molar-refractivity contribution in [2.45, 2.75) is 0 Å². The van der Waals surface area contributed by atoms with Crippen LogP contribution in [0.5, 0.6) is 0 Å². The van der Waals surface area contributed by atoms with Gasteiger partial charge in [0, 0.05) is 43.3 Å². The van der Waals surface area contributed by atoms with Crippen molar-refractivity contribution < 1.29 is 0 Å². The molecule has 4 heteroatoms. The predicted octanol–water partition coefficient (Wildman–Crippen LogP) is 1.64. The smallest absolute Gasteiger partial charge is 0.128 e. The zero-order valence-corrected chi connectivity index (χ0v) is 10.9. The van der Waals surface area contributed by atoms with Crippen LogP contribution in [0.4, 0.5) is 5.82 Å². The number of pyridine rings is 1. The lowest BCUT2D eigenvalue weighted by molar-refractivity contribution is 0.274. The van der Waals surface area contributed by atoms with Gasteiger partial charge in [0.15, 0.2) is 0 Å².